The van der Waals surface area contributed by atoms with Crippen LogP contribution in [0, 0.1) is 5.92 Å². The molecule has 1 aliphatic heterocycles. The van der Waals surface area contributed by atoms with Gasteiger partial charge in [-0.2, -0.15) is 0 Å². The highest BCUT2D eigenvalue weighted by atomic mass is 35.5. The van der Waals surface area contributed by atoms with E-state index in [1.165, 1.54) is 32.1 Å². The molecular formula is C19H22ClNO4S. The van der Waals surface area contributed by atoms with Crippen LogP contribution in [0.2, 0.25) is 5.02 Å². The van der Waals surface area contributed by atoms with Crippen molar-refractivity contribution in [2.75, 3.05) is 13.7 Å². The minimum absolute atomic E-state index is 0.332. The molecule has 0 bridgehead atoms. The number of hydrogen-bond acceptors (Lipinski definition) is 5. The van der Waals surface area contributed by atoms with Crippen LogP contribution in [0.25, 0.3) is 6.08 Å². The van der Waals surface area contributed by atoms with Crippen LogP contribution in [0.15, 0.2) is 17.0 Å². The van der Waals surface area contributed by atoms with Crippen molar-refractivity contribution in [1.82, 2.24) is 5.32 Å². The van der Waals surface area contributed by atoms with Crippen molar-refractivity contribution in [2.45, 2.75) is 38.5 Å². The molecule has 1 N–H and O–H groups in total. The number of ether oxygens (including phenoxy) is 2. The fraction of sp³-hybridized carbons (Fsp3) is 0.474. The molecule has 2 aliphatic rings. The monoisotopic (exact) mass is 395 g/mol. The lowest BCUT2D eigenvalue weighted by Gasteiger charge is -2.22. The zero-order chi connectivity index (χ0) is 18.5. The van der Waals surface area contributed by atoms with E-state index in [2.05, 4.69) is 5.32 Å². The van der Waals surface area contributed by atoms with Crippen molar-refractivity contribution in [1.29, 1.82) is 0 Å². The minimum Gasteiger partial charge on any atom is -0.493 e. The van der Waals surface area contributed by atoms with Crippen LogP contribution in [0.1, 0.15) is 44.1 Å². The Bertz CT molecular complexity index is 728. The second-order valence-corrected chi connectivity index (χ2v) is 7.95. The third kappa shape index (κ3) is 4.74. The standard InChI is InChI=1S/C19H22ClNO4S/c1-24-15-10-13(11-16-18(22)21-19(23)26-16)9-14(20)17(15)25-8-7-12-5-3-2-4-6-12/h9-12H,2-8H2,1H3,(H,21,22,23)/b16-11-. The maximum atomic E-state index is 11.7. The summed E-state index contributed by atoms with van der Waals surface area (Å²) in [6, 6.07) is 3.47. The SMILES string of the molecule is COc1cc(/C=C2\SC(=O)NC2=O)cc(Cl)c1OCCC1CCCCC1. The molecule has 140 valence electrons. The van der Waals surface area contributed by atoms with Gasteiger partial charge in [-0.25, -0.2) is 0 Å². The number of imide groups is 1. The molecule has 1 saturated carbocycles. The van der Waals surface area contributed by atoms with Crippen molar-refractivity contribution in [2.24, 2.45) is 5.92 Å². The number of amides is 2. The van der Waals surface area contributed by atoms with E-state index in [1.54, 1.807) is 25.3 Å². The van der Waals surface area contributed by atoms with E-state index < -0.39 is 5.91 Å². The zero-order valence-corrected chi connectivity index (χ0v) is 16.3. The van der Waals surface area contributed by atoms with Crippen LogP contribution in [-0.2, 0) is 4.79 Å². The summed E-state index contributed by atoms with van der Waals surface area (Å²) in [5, 5.41) is 2.28. The predicted molar refractivity (Wildman–Crippen MR) is 104 cm³/mol. The molecule has 3 rings (SSSR count). The van der Waals surface area contributed by atoms with Gasteiger partial charge in [-0.1, -0.05) is 43.7 Å². The highest BCUT2D eigenvalue weighted by Gasteiger charge is 2.25. The average Bonchev–Trinajstić information content (AvgIpc) is 2.94. The number of carbonyl (C=O) groups excluding carboxylic acids is 2. The van der Waals surface area contributed by atoms with Gasteiger partial charge in [0.05, 0.1) is 23.6 Å². The lowest BCUT2D eigenvalue weighted by molar-refractivity contribution is -0.115. The first-order chi connectivity index (χ1) is 12.6. The molecule has 1 heterocycles. The molecule has 1 saturated heterocycles. The molecule has 7 heteroatoms. The normalized spacial score (nSPS) is 19.7. The number of benzene rings is 1. The number of methoxy groups -OCH3 is 1. The Morgan fingerprint density at radius 2 is 2.04 bits per heavy atom. The van der Waals surface area contributed by atoms with Crippen LogP contribution in [0.5, 0.6) is 11.5 Å². The maximum Gasteiger partial charge on any atom is 0.290 e. The summed E-state index contributed by atoms with van der Waals surface area (Å²) in [6.07, 6.45) is 9.15. The van der Waals surface area contributed by atoms with E-state index in [-0.39, 0.29) is 5.24 Å². The topological polar surface area (TPSA) is 64.6 Å². The van der Waals surface area contributed by atoms with Gasteiger partial charge >= 0.3 is 0 Å². The molecule has 1 aliphatic carbocycles. The number of halogens is 1. The summed E-state index contributed by atoms with van der Waals surface area (Å²) < 4.78 is 11.3. The van der Waals surface area contributed by atoms with Crippen molar-refractivity contribution in [3.05, 3.63) is 27.6 Å². The molecule has 2 fully saturated rings. The average molecular weight is 396 g/mol. The number of carbonyl (C=O) groups is 2. The quantitative estimate of drug-likeness (QED) is 0.685. The van der Waals surface area contributed by atoms with Gasteiger partial charge in [-0.3, -0.25) is 14.9 Å². The van der Waals surface area contributed by atoms with Crippen molar-refractivity contribution in [3.63, 3.8) is 0 Å². The van der Waals surface area contributed by atoms with E-state index in [0.29, 0.717) is 33.6 Å². The largest absolute Gasteiger partial charge is 0.493 e. The number of hydrogen-bond donors (Lipinski definition) is 1. The Kier molecular flexibility index (Phi) is 6.48. The molecule has 0 atom stereocenters. The van der Waals surface area contributed by atoms with Crippen molar-refractivity contribution < 1.29 is 19.1 Å². The Labute approximate surface area is 162 Å². The molecular weight excluding hydrogens is 374 g/mol. The van der Waals surface area contributed by atoms with E-state index in [9.17, 15) is 9.59 Å². The Balaban J connectivity index is 1.69. The Hall–Kier alpha value is -1.66. The molecule has 5 nitrogen and oxygen atoms in total. The second-order valence-electron chi connectivity index (χ2n) is 6.53. The summed E-state index contributed by atoms with van der Waals surface area (Å²) >= 11 is 7.24. The Morgan fingerprint density at radius 1 is 1.27 bits per heavy atom. The van der Waals surface area contributed by atoms with Crippen molar-refractivity contribution in [3.8, 4) is 11.5 Å². The van der Waals surface area contributed by atoms with Gasteiger partial charge in [0.25, 0.3) is 11.1 Å². The van der Waals surface area contributed by atoms with E-state index in [1.807, 2.05) is 0 Å². The molecule has 0 aromatic heterocycles. The van der Waals surface area contributed by atoms with E-state index in [0.717, 1.165) is 24.1 Å². The molecule has 2 amide bonds. The molecule has 0 spiro atoms. The van der Waals surface area contributed by atoms with Crippen LogP contribution in [-0.4, -0.2) is 24.9 Å². The summed E-state index contributed by atoms with van der Waals surface area (Å²) in [7, 11) is 1.55. The third-order valence-electron chi connectivity index (χ3n) is 4.69. The number of nitrogens with one attached hydrogen (secondary N) is 1. The fourth-order valence-electron chi connectivity index (χ4n) is 3.34. The first-order valence-corrected chi connectivity index (χ1v) is 10.0. The first-order valence-electron chi connectivity index (χ1n) is 8.82. The van der Waals surface area contributed by atoms with Gasteiger partial charge in [0, 0.05) is 0 Å². The van der Waals surface area contributed by atoms with E-state index in [4.69, 9.17) is 21.1 Å². The van der Waals surface area contributed by atoms with Crippen LogP contribution >= 0.6 is 23.4 Å². The molecule has 0 unspecified atom stereocenters. The molecule has 26 heavy (non-hydrogen) atoms. The molecule has 1 aromatic carbocycles. The summed E-state index contributed by atoms with van der Waals surface area (Å²) in [6.45, 7) is 0.605. The Morgan fingerprint density at radius 3 is 2.69 bits per heavy atom. The van der Waals surface area contributed by atoms with Crippen LogP contribution in [0.4, 0.5) is 4.79 Å². The van der Waals surface area contributed by atoms with Gasteiger partial charge < -0.3 is 9.47 Å². The highest BCUT2D eigenvalue weighted by Crippen LogP contribution is 2.38. The van der Waals surface area contributed by atoms with Gasteiger partial charge in [-0.05, 0) is 47.9 Å². The van der Waals surface area contributed by atoms with Crippen molar-refractivity contribution >= 4 is 40.6 Å². The summed E-state index contributed by atoms with van der Waals surface area (Å²) in [5.74, 6) is 1.37. The smallest absolute Gasteiger partial charge is 0.290 e. The number of rotatable bonds is 6. The first kappa shape index (κ1) is 19.1. The lowest BCUT2D eigenvalue weighted by Crippen LogP contribution is -2.17. The van der Waals surface area contributed by atoms with Gasteiger partial charge in [0.2, 0.25) is 0 Å². The predicted octanol–water partition coefficient (Wildman–Crippen LogP) is 5.02. The molecule has 1 aromatic rings. The zero-order valence-electron chi connectivity index (χ0n) is 14.7. The second kappa shape index (κ2) is 8.82. The van der Waals surface area contributed by atoms with Gasteiger partial charge in [0.15, 0.2) is 11.5 Å². The highest BCUT2D eigenvalue weighted by molar-refractivity contribution is 8.18. The lowest BCUT2D eigenvalue weighted by atomic mass is 9.87. The van der Waals surface area contributed by atoms with Gasteiger partial charge in [0.1, 0.15) is 0 Å². The summed E-state index contributed by atoms with van der Waals surface area (Å²) in [5.41, 5.74) is 0.679. The maximum absolute atomic E-state index is 11.7. The fourth-order valence-corrected chi connectivity index (χ4v) is 4.29. The van der Waals surface area contributed by atoms with Crippen LogP contribution in [0.3, 0.4) is 0 Å². The third-order valence-corrected chi connectivity index (χ3v) is 5.78. The van der Waals surface area contributed by atoms with Crippen LogP contribution < -0.4 is 14.8 Å². The summed E-state index contributed by atoms with van der Waals surface area (Å²) in [4.78, 5) is 23.3. The van der Waals surface area contributed by atoms with Gasteiger partial charge in [-0.15, -0.1) is 0 Å². The van der Waals surface area contributed by atoms with E-state index >= 15 is 0 Å². The molecule has 0 radical (unpaired) electrons. The number of thioether (sulfide) groups is 1. The minimum atomic E-state index is -0.400.